The van der Waals surface area contributed by atoms with Gasteiger partial charge in [0.2, 0.25) is 5.89 Å². The molecular formula is C12H21N5O3S. The average molecular weight is 315 g/mol. The molecule has 2 fully saturated rings. The summed E-state index contributed by atoms with van der Waals surface area (Å²) >= 11 is 0. The maximum absolute atomic E-state index is 11.3. The topological polar surface area (TPSA) is 128 Å². The van der Waals surface area contributed by atoms with Crippen LogP contribution in [0.1, 0.15) is 56.2 Å². The normalized spacial score (nSPS) is 24.5. The second kappa shape index (κ2) is 5.31. The van der Waals surface area contributed by atoms with Crippen LogP contribution >= 0.6 is 0 Å². The molecule has 9 heteroatoms. The lowest BCUT2D eigenvalue weighted by molar-refractivity contribution is 0.268. The molecular weight excluding hydrogens is 294 g/mol. The second-order valence-corrected chi connectivity index (χ2v) is 7.58. The van der Waals surface area contributed by atoms with Gasteiger partial charge in [-0.15, -0.1) is 0 Å². The molecule has 0 radical (unpaired) electrons. The third kappa shape index (κ3) is 2.96. The fourth-order valence-electron chi connectivity index (χ4n) is 3.19. The Bertz CT molecular complexity index is 600. The maximum Gasteiger partial charge on any atom is 0.276 e. The lowest BCUT2D eigenvalue weighted by Gasteiger charge is -2.27. The summed E-state index contributed by atoms with van der Waals surface area (Å²) in [5.74, 6) is 1.23. The molecule has 1 saturated heterocycles. The van der Waals surface area contributed by atoms with E-state index in [1.54, 1.807) is 0 Å². The lowest BCUT2D eigenvalue weighted by atomic mass is 9.97. The minimum Gasteiger partial charge on any atom is -0.339 e. The molecule has 2 heterocycles. The first-order valence-electron chi connectivity index (χ1n) is 7.29. The van der Waals surface area contributed by atoms with Crippen LogP contribution in [0.5, 0.6) is 0 Å². The number of rotatable bonds is 3. The summed E-state index contributed by atoms with van der Waals surface area (Å²) in [4.78, 5) is 4.47. The van der Waals surface area contributed by atoms with Crippen LogP contribution in [0.2, 0.25) is 0 Å². The standard InChI is InChI=1S/C12H21N5O3S/c13-12(5-1-2-6-12)11-15-10(20-16-11)9-3-7-17(8-4-9)21(14,18)19/h9H,1-8,13H2,(H2,14,18,19). The zero-order chi connectivity index (χ0) is 15.1. The maximum atomic E-state index is 11.3. The Morgan fingerprint density at radius 3 is 2.43 bits per heavy atom. The summed E-state index contributed by atoms with van der Waals surface area (Å²) in [7, 11) is -3.60. The van der Waals surface area contributed by atoms with Gasteiger partial charge < -0.3 is 10.3 Å². The predicted molar refractivity (Wildman–Crippen MR) is 75.3 cm³/mol. The molecule has 2 aliphatic rings. The van der Waals surface area contributed by atoms with E-state index in [0.29, 0.717) is 37.6 Å². The Balaban J connectivity index is 1.68. The van der Waals surface area contributed by atoms with Gasteiger partial charge in [-0.25, -0.2) is 5.14 Å². The highest BCUT2D eigenvalue weighted by Gasteiger charge is 2.37. The number of hydrogen-bond donors (Lipinski definition) is 2. The van der Waals surface area contributed by atoms with Gasteiger partial charge in [-0.2, -0.15) is 17.7 Å². The van der Waals surface area contributed by atoms with E-state index in [2.05, 4.69) is 10.1 Å². The van der Waals surface area contributed by atoms with Crippen LogP contribution in [0.25, 0.3) is 0 Å². The number of piperidine rings is 1. The number of nitrogens with zero attached hydrogens (tertiary/aromatic N) is 3. The van der Waals surface area contributed by atoms with Crippen molar-refractivity contribution in [2.45, 2.75) is 50.0 Å². The van der Waals surface area contributed by atoms with Crippen molar-refractivity contribution in [2.24, 2.45) is 10.9 Å². The highest BCUT2D eigenvalue weighted by Crippen LogP contribution is 2.36. The van der Waals surface area contributed by atoms with Gasteiger partial charge in [-0.05, 0) is 25.7 Å². The molecule has 1 aromatic heterocycles. The van der Waals surface area contributed by atoms with E-state index in [9.17, 15) is 8.42 Å². The third-order valence-corrected chi connectivity index (χ3v) is 5.63. The first-order valence-corrected chi connectivity index (χ1v) is 8.80. The molecule has 0 atom stereocenters. The minimum atomic E-state index is -3.60. The van der Waals surface area contributed by atoms with Crippen molar-refractivity contribution in [1.29, 1.82) is 0 Å². The molecule has 0 bridgehead atoms. The van der Waals surface area contributed by atoms with Crippen molar-refractivity contribution < 1.29 is 12.9 Å². The minimum absolute atomic E-state index is 0.0780. The monoisotopic (exact) mass is 315 g/mol. The molecule has 4 N–H and O–H groups in total. The van der Waals surface area contributed by atoms with Gasteiger partial charge in [-0.3, -0.25) is 0 Å². The van der Waals surface area contributed by atoms with Crippen LogP contribution in [0.15, 0.2) is 4.52 Å². The zero-order valence-corrected chi connectivity index (χ0v) is 12.7. The SMILES string of the molecule is NC1(c2noc(C3CCN(S(N)(=O)=O)CC3)n2)CCCC1. The molecule has 3 rings (SSSR count). The van der Waals surface area contributed by atoms with Crippen molar-refractivity contribution >= 4 is 10.2 Å². The Hall–Kier alpha value is -1.03. The van der Waals surface area contributed by atoms with E-state index in [1.165, 1.54) is 4.31 Å². The number of nitrogens with two attached hydrogens (primary N) is 2. The van der Waals surface area contributed by atoms with E-state index in [4.69, 9.17) is 15.4 Å². The summed E-state index contributed by atoms with van der Waals surface area (Å²) in [6.07, 6.45) is 5.22. The van der Waals surface area contributed by atoms with Crippen LogP contribution in [-0.2, 0) is 15.7 Å². The highest BCUT2D eigenvalue weighted by molar-refractivity contribution is 7.86. The molecule has 1 aromatic rings. The molecule has 8 nitrogen and oxygen atoms in total. The van der Waals surface area contributed by atoms with Crippen molar-refractivity contribution in [3.8, 4) is 0 Å². The molecule has 1 saturated carbocycles. The zero-order valence-electron chi connectivity index (χ0n) is 11.9. The predicted octanol–water partition coefficient (Wildman–Crippen LogP) is 0.180. The van der Waals surface area contributed by atoms with E-state index >= 15 is 0 Å². The Labute approximate surface area is 124 Å². The molecule has 21 heavy (non-hydrogen) atoms. The molecule has 0 unspecified atom stereocenters. The van der Waals surface area contributed by atoms with Gasteiger partial charge >= 0.3 is 0 Å². The van der Waals surface area contributed by atoms with Gasteiger partial charge in [0.25, 0.3) is 10.2 Å². The Morgan fingerprint density at radius 2 is 1.86 bits per heavy atom. The largest absolute Gasteiger partial charge is 0.339 e. The molecule has 118 valence electrons. The number of aromatic nitrogens is 2. The van der Waals surface area contributed by atoms with Crippen LogP contribution in [0, 0.1) is 0 Å². The molecule has 1 aliphatic heterocycles. The molecule has 1 aliphatic carbocycles. The van der Waals surface area contributed by atoms with Gasteiger partial charge in [0.05, 0.1) is 5.54 Å². The Morgan fingerprint density at radius 1 is 1.24 bits per heavy atom. The van der Waals surface area contributed by atoms with Crippen molar-refractivity contribution in [3.63, 3.8) is 0 Å². The van der Waals surface area contributed by atoms with Crippen molar-refractivity contribution in [1.82, 2.24) is 14.4 Å². The summed E-state index contributed by atoms with van der Waals surface area (Å²) in [6, 6.07) is 0. The Kier molecular flexibility index (Phi) is 3.76. The quantitative estimate of drug-likeness (QED) is 0.818. The van der Waals surface area contributed by atoms with Crippen LogP contribution in [0.3, 0.4) is 0 Å². The van der Waals surface area contributed by atoms with E-state index in [1.807, 2.05) is 0 Å². The van der Waals surface area contributed by atoms with Gasteiger partial charge in [0.1, 0.15) is 0 Å². The van der Waals surface area contributed by atoms with Crippen LogP contribution in [0.4, 0.5) is 0 Å². The summed E-state index contributed by atoms with van der Waals surface area (Å²) in [5.41, 5.74) is 5.86. The summed E-state index contributed by atoms with van der Waals surface area (Å²) in [6.45, 7) is 0.768. The first-order chi connectivity index (χ1) is 9.88. The van der Waals surface area contributed by atoms with Crippen molar-refractivity contribution in [2.75, 3.05) is 13.1 Å². The van der Waals surface area contributed by atoms with Crippen LogP contribution in [-0.4, -0.2) is 36.0 Å². The van der Waals surface area contributed by atoms with Crippen LogP contribution < -0.4 is 10.9 Å². The smallest absolute Gasteiger partial charge is 0.276 e. The van der Waals surface area contributed by atoms with Gasteiger partial charge in [0, 0.05) is 19.0 Å². The van der Waals surface area contributed by atoms with E-state index in [-0.39, 0.29) is 5.92 Å². The van der Waals surface area contributed by atoms with E-state index < -0.39 is 15.7 Å². The molecule has 0 amide bonds. The highest BCUT2D eigenvalue weighted by atomic mass is 32.2. The number of hydrogen-bond acceptors (Lipinski definition) is 6. The molecule has 0 aromatic carbocycles. The first kappa shape index (κ1) is 14.9. The van der Waals surface area contributed by atoms with E-state index in [0.717, 1.165) is 25.7 Å². The fourth-order valence-corrected chi connectivity index (χ4v) is 3.91. The van der Waals surface area contributed by atoms with Gasteiger partial charge in [-0.1, -0.05) is 18.0 Å². The third-order valence-electron chi connectivity index (χ3n) is 4.55. The van der Waals surface area contributed by atoms with Gasteiger partial charge in [0.15, 0.2) is 5.82 Å². The summed E-state index contributed by atoms with van der Waals surface area (Å²) < 4.78 is 29.2. The second-order valence-electron chi connectivity index (χ2n) is 6.04. The summed E-state index contributed by atoms with van der Waals surface area (Å²) in [5, 5.41) is 9.17. The fraction of sp³-hybridized carbons (Fsp3) is 0.833. The van der Waals surface area contributed by atoms with Crippen molar-refractivity contribution in [3.05, 3.63) is 11.7 Å². The average Bonchev–Trinajstić information content (AvgIpc) is 3.07. The lowest BCUT2D eigenvalue weighted by Crippen LogP contribution is -2.41. The molecule has 0 spiro atoms.